The number of rotatable bonds is 5. The molecule has 1 aromatic carbocycles. The lowest BCUT2D eigenvalue weighted by molar-refractivity contribution is 0.0696. The average molecular weight is 343 g/mol. The van der Waals surface area contributed by atoms with Gasteiger partial charge < -0.3 is 14.6 Å². The summed E-state index contributed by atoms with van der Waals surface area (Å²) in [5.74, 6) is -0.0596. The third kappa shape index (κ3) is 3.48. The molecule has 1 aromatic heterocycles. The van der Waals surface area contributed by atoms with E-state index < -0.39 is 5.97 Å². The summed E-state index contributed by atoms with van der Waals surface area (Å²) < 4.78 is 11.8. The van der Waals surface area contributed by atoms with Gasteiger partial charge in [0, 0.05) is 5.56 Å². The fourth-order valence-corrected chi connectivity index (χ4v) is 2.70. The molecule has 0 fully saturated rings. The number of thiophene rings is 1. The Morgan fingerprint density at radius 3 is 2.74 bits per heavy atom. The molecule has 2 aromatic rings. The topological polar surface area (TPSA) is 55.8 Å². The van der Waals surface area contributed by atoms with Gasteiger partial charge in [0.25, 0.3) is 0 Å². The fraction of sp³-hybridized carbons (Fsp3) is 0.154. The van der Waals surface area contributed by atoms with Crippen molar-refractivity contribution in [3.8, 4) is 11.5 Å². The number of methoxy groups -OCH3 is 1. The zero-order valence-corrected chi connectivity index (χ0v) is 12.5. The van der Waals surface area contributed by atoms with Gasteiger partial charge in [0.05, 0.1) is 16.5 Å². The number of ether oxygens (including phenoxy) is 2. The van der Waals surface area contributed by atoms with Crippen LogP contribution >= 0.6 is 27.3 Å². The van der Waals surface area contributed by atoms with Crippen LogP contribution in [0.5, 0.6) is 11.5 Å². The maximum absolute atomic E-state index is 10.9. The molecular formula is C13H11BrO4S. The normalized spacial score (nSPS) is 10.2. The number of hydrogen-bond donors (Lipinski definition) is 1. The van der Waals surface area contributed by atoms with E-state index in [1.54, 1.807) is 17.4 Å². The van der Waals surface area contributed by atoms with Crippen LogP contribution in [0, 0.1) is 0 Å². The number of carboxylic acids is 1. The van der Waals surface area contributed by atoms with Gasteiger partial charge >= 0.3 is 5.97 Å². The second-order valence-electron chi connectivity index (χ2n) is 3.72. The molecule has 0 spiro atoms. The van der Waals surface area contributed by atoms with Crippen LogP contribution in [0.15, 0.2) is 33.4 Å². The Labute approximate surface area is 122 Å². The largest absolute Gasteiger partial charge is 0.493 e. The number of benzene rings is 1. The molecule has 0 aliphatic carbocycles. The Bertz CT molecular complexity index is 594. The summed E-state index contributed by atoms with van der Waals surface area (Å²) in [5.41, 5.74) is 1.21. The van der Waals surface area contributed by atoms with Crippen LogP contribution < -0.4 is 9.47 Å². The molecule has 1 N–H and O–H groups in total. The first-order valence-corrected chi connectivity index (χ1v) is 7.04. The quantitative estimate of drug-likeness (QED) is 0.897. The summed E-state index contributed by atoms with van der Waals surface area (Å²) in [6.07, 6.45) is 0. The molecule has 4 nitrogen and oxygen atoms in total. The number of aromatic carboxylic acids is 1. The first-order chi connectivity index (χ1) is 9.10. The van der Waals surface area contributed by atoms with E-state index in [1.807, 2.05) is 11.4 Å². The predicted molar refractivity (Wildman–Crippen MR) is 76.3 cm³/mol. The van der Waals surface area contributed by atoms with Crippen molar-refractivity contribution in [1.82, 2.24) is 0 Å². The molecule has 0 saturated heterocycles. The van der Waals surface area contributed by atoms with Crippen molar-refractivity contribution < 1.29 is 19.4 Å². The van der Waals surface area contributed by atoms with E-state index in [1.165, 1.54) is 19.2 Å². The second kappa shape index (κ2) is 6.08. The van der Waals surface area contributed by atoms with E-state index >= 15 is 0 Å². The van der Waals surface area contributed by atoms with Gasteiger partial charge in [-0.15, -0.1) is 11.3 Å². The highest BCUT2D eigenvalue weighted by Crippen LogP contribution is 2.29. The van der Waals surface area contributed by atoms with Crippen LogP contribution in [-0.2, 0) is 6.61 Å². The molecule has 100 valence electrons. The molecule has 0 radical (unpaired) electrons. The van der Waals surface area contributed by atoms with Crippen molar-refractivity contribution in [2.24, 2.45) is 0 Å². The maximum Gasteiger partial charge on any atom is 0.335 e. The number of carbonyl (C=O) groups is 1. The van der Waals surface area contributed by atoms with Gasteiger partial charge in [-0.3, -0.25) is 0 Å². The number of hydrogen-bond acceptors (Lipinski definition) is 4. The Kier molecular flexibility index (Phi) is 4.44. The Morgan fingerprint density at radius 2 is 2.16 bits per heavy atom. The van der Waals surface area contributed by atoms with E-state index in [2.05, 4.69) is 15.9 Å². The lowest BCUT2D eigenvalue weighted by Crippen LogP contribution is -2.00. The van der Waals surface area contributed by atoms with Crippen molar-refractivity contribution in [2.75, 3.05) is 7.11 Å². The SMILES string of the molecule is COc1cc(C(=O)O)ccc1OCc1csc(Br)c1. The lowest BCUT2D eigenvalue weighted by Gasteiger charge is -2.10. The molecular weight excluding hydrogens is 332 g/mol. The summed E-state index contributed by atoms with van der Waals surface area (Å²) in [5, 5.41) is 10.9. The molecule has 0 aliphatic rings. The summed E-state index contributed by atoms with van der Waals surface area (Å²) >= 11 is 4.97. The van der Waals surface area contributed by atoms with Crippen molar-refractivity contribution in [1.29, 1.82) is 0 Å². The minimum atomic E-state index is -0.994. The smallest absolute Gasteiger partial charge is 0.335 e. The highest BCUT2D eigenvalue weighted by Gasteiger charge is 2.10. The lowest BCUT2D eigenvalue weighted by atomic mass is 10.2. The number of carboxylic acid groups (broad SMARTS) is 1. The van der Waals surface area contributed by atoms with Gasteiger partial charge in [-0.05, 0) is 45.6 Å². The zero-order valence-electron chi connectivity index (χ0n) is 10.1. The third-order valence-corrected chi connectivity index (χ3v) is 3.98. The first kappa shape index (κ1) is 13.9. The van der Waals surface area contributed by atoms with E-state index in [0.29, 0.717) is 18.1 Å². The van der Waals surface area contributed by atoms with Crippen molar-refractivity contribution >= 4 is 33.2 Å². The van der Waals surface area contributed by atoms with Gasteiger partial charge in [0.2, 0.25) is 0 Å². The molecule has 0 saturated carbocycles. The first-order valence-electron chi connectivity index (χ1n) is 5.37. The molecule has 6 heteroatoms. The minimum Gasteiger partial charge on any atom is -0.493 e. The highest BCUT2D eigenvalue weighted by molar-refractivity contribution is 9.11. The Balaban J connectivity index is 2.13. The average Bonchev–Trinajstić information content (AvgIpc) is 2.81. The van der Waals surface area contributed by atoms with Crippen LogP contribution in [0.3, 0.4) is 0 Å². The molecule has 1 heterocycles. The van der Waals surface area contributed by atoms with Gasteiger partial charge in [-0.2, -0.15) is 0 Å². The van der Waals surface area contributed by atoms with Gasteiger partial charge in [0.1, 0.15) is 6.61 Å². The van der Waals surface area contributed by atoms with Crippen LogP contribution in [0.25, 0.3) is 0 Å². The minimum absolute atomic E-state index is 0.169. The van der Waals surface area contributed by atoms with E-state index in [9.17, 15) is 4.79 Å². The highest BCUT2D eigenvalue weighted by atomic mass is 79.9. The molecule has 0 atom stereocenters. The summed E-state index contributed by atoms with van der Waals surface area (Å²) in [6.45, 7) is 0.408. The predicted octanol–water partition coefficient (Wildman–Crippen LogP) is 3.80. The van der Waals surface area contributed by atoms with E-state index in [4.69, 9.17) is 14.6 Å². The maximum atomic E-state index is 10.9. The molecule has 0 unspecified atom stereocenters. The van der Waals surface area contributed by atoms with Crippen LogP contribution in [0.4, 0.5) is 0 Å². The van der Waals surface area contributed by atoms with Crippen LogP contribution in [-0.4, -0.2) is 18.2 Å². The summed E-state index contributed by atoms with van der Waals surface area (Å²) in [4.78, 5) is 10.9. The van der Waals surface area contributed by atoms with Crippen molar-refractivity contribution in [3.05, 3.63) is 44.6 Å². The molecule has 0 amide bonds. The molecule has 19 heavy (non-hydrogen) atoms. The standard InChI is InChI=1S/C13H11BrO4S/c1-17-11-5-9(13(15)16)2-3-10(11)18-6-8-4-12(14)19-7-8/h2-5,7H,6H2,1H3,(H,15,16). The van der Waals surface area contributed by atoms with E-state index in [0.717, 1.165) is 9.35 Å². The molecule has 0 bridgehead atoms. The Hall–Kier alpha value is -1.53. The fourth-order valence-electron chi connectivity index (χ4n) is 1.50. The van der Waals surface area contributed by atoms with Gasteiger partial charge in [-0.25, -0.2) is 4.79 Å². The van der Waals surface area contributed by atoms with Gasteiger partial charge in [0.15, 0.2) is 11.5 Å². The number of halogens is 1. The molecule has 0 aliphatic heterocycles. The summed E-state index contributed by atoms with van der Waals surface area (Å²) in [7, 11) is 1.48. The monoisotopic (exact) mass is 342 g/mol. The van der Waals surface area contributed by atoms with Crippen LogP contribution in [0.1, 0.15) is 15.9 Å². The van der Waals surface area contributed by atoms with E-state index in [-0.39, 0.29) is 5.56 Å². The van der Waals surface area contributed by atoms with Gasteiger partial charge in [-0.1, -0.05) is 0 Å². The summed E-state index contributed by atoms with van der Waals surface area (Å²) in [6, 6.07) is 6.51. The Morgan fingerprint density at radius 1 is 1.37 bits per heavy atom. The van der Waals surface area contributed by atoms with Crippen molar-refractivity contribution in [3.63, 3.8) is 0 Å². The van der Waals surface area contributed by atoms with Crippen LogP contribution in [0.2, 0.25) is 0 Å². The second-order valence-corrected chi connectivity index (χ2v) is 6.01. The zero-order chi connectivity index (χ0) is 13.8. The third-order valence-electron chi connectivity index (χ3n) is 2.43. The molecule has 2 rings (SSSR count). The van der Waals surface area contributed by atoms with Crippen molar-refractivity contribution in [2.45, 2.75) is 6.61 Å².